The fourth-order valence-corrected chi connectivity index (χ4v) is 1.99. The molecule has 0 unspecified atom stereocenters. The number of aromatic nitrogens is 1. The predicted octanol–water partition coefficient (Wildman–Crippen LogP) is 4.32. The number of benzene rings is 1. The Bertz CT molecular complexity index is 503. The molecule has 0 aliphatic heterocycles. The summed E-state index contributed by atoms with van der Waals surface area (Å²) in [5.74, 6) is 0.520. The van der Waals surface area contributed by atoms with Gasteiger partial charge in [0.15, 0.2) is 0 Å². The van der Waals surface area contributed by atoms with E-state index in [4.69, 9.17) is 11.6 Å². The van der Waals surface area contributed by atoms with Crippen LogP contribution in [0.5, 0.6) is 0 Å². The lowest BCUT2D eigenvalue weighted by Gasteiger charge is -2.08. The van der Waals surface area contributed by atoms with E-state index in [0.717, 1.165) is 21.6 Å². The molecule has 0 fully saturated rings. The van der Waals surface area contributed by atoms with Gasteiger partial charge in [-0.15, -0.1) is 0 Å². The van der Waals surface area contributed by atoms with Crippen LogP contribution >= 0.6 is 11.6 Å². The van der Waals surface area contributed by atoms with Gasteiger partial charge in [0.1, 0.15) is 0 Å². The minimum absolute atomic E-state index is 0.520. The molecular formula is C13H14ClN. The van der Waals surface area contributed by atoms with Crippen molar-refractivity contribution in [3.05, 3.63) is 40.5 Å². The summed E-state index contributed by atoms with van der Waals surface area (Å²) in [6.45, 7) is 6.31. The van der Waals surface area contributed by atoms with E-state index >= 15 is 0 Å². The first-order valence-electron chi connectivity index (χ1n) is 5.14. The molecule has 0 N–H and O–H groups in total. The number of fused-ring (bicyclic) bond motifs is 1. The molecule has 0 radical (unpaired) electrons. The molecule has 0 atom stereocenters. The molecule has 0 spiro atoms. The molecular weight excluding hydrogens is 206 g/mol. The zero-order valence-electron chi connectivity index (χ0n) is 9.21. The van der Waals surface area contributed by atoms with E-state index in [1.54, 1.807) is 0 Å². The number of hydrogen-bond acceptors (Lipinski definition) is 1. The summed E-state index contributed by atoms with van der Waals surface area (Å²) in [6, 6.07) is 8.21. The van der Waals surface area contributed by atoms with Crippen LogP contribution in [0.25, 0.3) is 10.9 Å². The van der Waals surface area contributed by atoms with Gasteiger partial charge in [0, 0.05) is 11.1 Å². The summed E-state index contributed by atoms with van der Waals surface area (Å²) < 4.78 is 0. The van der Waals surface area contributed by atoms with E-state index < -0.39 is 0 Å². The maximum atomic E-state index is 6.20. The van der Waals surface area contributed by atoms with Gasteiger partial charge >= 0.3 is 0 Å². The van der Waals surface area contributed by atoms with Crippen LogP contribution in [0.3, 0.4) is 0 Å². The zero-order valence-corrected chi connectivity index (χ0v) is 9.97. The Morgan fingerprint density at radius 1 is 1.20 bits per heavy atom. The highest BCUT2D eigenvalue weighted by molar-refractivity contribution is 6.35. The SMILES string of the molecule is Cc1cc(Cl)c2cc(C(C)C)ccc2n1. The minimum Gasteiger partial charge on any atom is -0.253 e. The van der Waals surface area contributed by atoms with Crippen LogP contribution in [0.1, 0.15) is 31.0 Å². The van der Waals surface area contributed by atoms with Gasteiger partial charge in [-0.2, -0.15) is 0 Å². The maximum absolute atomic E-state index is 6.20. The normalized spacial score (nSPS) is 11.3. The van der Waals surface area contributed by atoms with Crippen molar-refractivity contribution >= 4 is 22.5 Å². The molecule has 78 valence electrons. The standard InChI is InChI=1S/C13H14ClN/c1-8(2)10-4-5-13-11(7-10)12(14)6-9(3)15-13/h4-8H,1-3H3. The first kappa shape index (κ1) is 10.4. The van der Waals surface area contributed by atoms with E-state index in [1.165, 1.54) is 5.56 Å². The summed E-state index contributed by atoms with van der Waals surface area (Å²) in [5.41, 5.74) is 3.24. The molecule has 15 heavy (non-hydrogen) atoms. The van der Waals surface area contributed by atoms with Crippen molar-refractivity contribution in [2.24, 2.45) is 0 Å². The molecule has 1 aromatic heterocycles. The molecule has 0 saturated carbocycles. The van der Waals surface area contributed by atoms with Crippen molar-refractivity contribution in [1.82, 2.24) is 4.98 Å². The van der Waals surface area contributed by atoms with Crippen LogP contribution in [0.4, 0.5) is 0 Å². The van der Waals surface area contributed by atoms with Gasteiger partial charge < -0.3 is 0 Å². The van der Waals surface area contributed by atoms with E-state index in [2.05, 4.69) is 31.0 Å². The number of nitrogens with zero attached hydrogens (tertiary/aromatic N) is 1. The maximum Gasteiger partial charge on any atom is 0.0720 e. The second-order valence-electron chi connectivity index (χ2n) is 4.18. The van der Waals surface area contributed by atoms with Crippen molar-refractivity contribution < 1.29 is 0 Å². The number of aryl methyl sites for hydroxylation is 1. The van der Waals surface area contributed by atoms with Crippen LogP contribution in [0.2, 0.25) is 5.02 Å². The van der Waals surface area contributed by atoms with Crippen molar-refractivity contribution in [2.75, 3.05) is 0 Å². The monoisotopic (exact) mass is 219 g/mol. The molecule has 2 rings (SSSR count). The molecule has 0 saturated heterocycles. The molecule has 1 nitrogen and oxygen atoms in total. The lowest BCUT2D eigenvalue weighted by molar-refractivity contribution is 0.868. The van der Waals surface area contributed by atoms with Gasteiger partial charge in [0.25, 0.3) is 0 Å². The first-order valence-corrected chi connectivity index (χ1v) is 5.52. The molecule has 1 heterocycles. The third kappa shape index (κ3) is 1.98. The van der Waals surface area contributed by atoms with E-state index in [-0.39, 0.29) is 0 Å². The third-order valence-corrected chi connectivity index (χ3v) is 2.89. The van der Waals surface area contributed by atoms with E-state index in [9.17, 15) is 0 Å². The second-order valence-corrected chi connectivity index (χ2v) is 4.58. The Morgan fingerprint density at radius 2 is 1.93 bits per heavy atom. The predicted molar refractivity (Wildman–Crippen MR) is 65.6 cm³/mol. The molecule has 1 aromatic carbocycles. The zero-order chi connectivity index (χ0) is 11.0. The van der Waals surface area contributed by atoms with Gasteiger partial charge in [0.05, 0.1) is 10.5 Å². The molecule has 0 aliphatic carbocycles. The van der Waals surface area contributed by atoms with Crippen LogP contribution in [0, 0.1) is 6.92 Å². The topological polar surface area (TPSA) is 12.9 Å². The molecule has 0 amide bonds. The van der Waals surface area contributed by atoms with Crippen LogP contribution < -0.4 is 0 Å². The smallest absolute Gasteiger partial charge is 0.0720 e. The Labute approximate surface area is 95.1 Å². The van der Waals surface area contributed by atoms with E-state index in [1.807, 2.05) is 19.1 Å². The number of halogens is 1. The average molecular weight is 220 g/mol. The first-order chi connectivity index (χ1) is 7.08. The lowest BCUT2D eigenvalue weighted by Crippen LogP contribution is -1.90. The summed E-state index contributed by atoms with van der Waals surface area (Å²) in [7, 11) is 0. The second kappa shape index (κ2) is 3.82. The minimum atomic E-state index is 0.520. The quantitative estimate of drug-likeness (QED) is 0.696. The average Bonchev–Trinajstić information content (AvgIpc) is 2.16. The number of rotatable bonds is 1. The van der Waals surface area contributed by atoms with Gasteiger partial charge in [-0.1, -0.05) is 31.5 Å². The van der Waals surface area contributed by atoms with Crippen molar-refractivity contribution in [1.29, 1.82) is 0 Å². The Morgan fingerprint density at radius 3 is 2.60 bits per heavy atom. The molecule has 2 heteroatoms. The summed E-state index contributed by atoms with van der Waals surface area (Å²) in [6.07, 6.45) is 0. The van der Waals surface area contributed by atoms with Gasteiger partial charge in [-0.25, -0.2) is 0 Å². The summed E-state index contributed by atoms with van der Waals surface area (Å²) >= 11 is 6.20. The largest absolute Gasteiger partial charge is 0.253 e. The highest BCUT2D eigenvalue weighted by Crippen LogP contribution is 2.26. The fourth-order valence-electron chi connectivity index (χ4n) is 1.68. The highest BCUT2D eigenvalue weighted by Gasteiger charge is 2.05. The Balaban J connectivity index is 2.71. The van der Waals surface area contributed by atoms with Gasteiger partial charge in [-0.3, -0.25) is 4.98 Å². The summed E-state index contributed by atoms with van der Waals surface area (Å²) in [5, 5.41) is 1.84. The van der Waals surface area contributed by atoms with Gasteiger partial charge in [-0.05, 0) is 36.6 Å². The summed E-state index contributed by atoms with van der Waals surface area (Å²) in [4.78, 5) is 4.45. The number of pyridine rings is 1. The van der Waals surface area contributed by atoms with Crippen molar-refractivity contribution in [3.8, 4) is 0 Å². The lowest BCUT2D eigenvalue weighted by atomic mass is 10.0. The van der Waals surface area contributed by atoms with Gasteiger partial charge in [0.2, 0.25) is 0 Å². The van der Waals surface area contributed by atoms with Crippen LogP contribution in [-0.4, -0.2) is 4.98 Å². The Kier molecular flexibility index (Phi) is 2.66. The van der Waals surface area contributed by atoms with E-state index in [0.29, 0.717) is 5.92 Å². The highest BCUT2D eigenvalue weighted by atomic mass is 35.5. The van der Waals surface area contributed by atoms with Crippen molar-refractivity contribution in [2.45, 2.75) is 26.7 Å². The van der Waals surface area contributed by atoms with Crippen LogP contribution in [0.15, 0.2) is 24.3 Å². The third-order valence-electron chi connectivity index (χ3n) is 2.58. The molecule has 0 bridgehead atoms. The Hall–Kier alpha value is -1.08. The number of hydrogen-bond donors (Lipinski definition) is 0. The van der Waals surface area contributed by atoms with Crippen LogP contribution in [-0.2, 0) is 0 Å². The van der Waals surface area contributed by atoms with Crippen molar-refractivity contribution in [3.63, 3.8) is 0 Å². The molecule has 0 aliphatic rings. The molecule has 2 aromatic rings. The fraction of sp³-hybridized carbons (Fsp3) is 0.308.